The second-order valence-corrected chi connectivity index (χ2v) is 4.55. The largest absolute Gasteiger partial charge is 0.155 e. The highest BCUT2D eigenvalue weighted by Crippen LogP contribution is 2.22. The molecule has 1 radical (unpaired) electrons. The Morgan fingerprint density at radius 3 is 2.67 bits per heavy atom. The Morgan fingerprint density at radius 2 is 2.00 bits per heavy atom. The van der Waals surface area contributed by atoms with Crippen molar-refractivity contribution in [2.75, 3.05) is 0 Å². The third kappa shape index (κ3) is 2.74. The first-order valence-electron chi connectivity index (χ1n) is 5.83. The molecule has 1 aromatic rings. The predicted octanol–water partition coefficient (Wildman–Crippen LogP) is 3.16. The van der Waals surface area contributed by atoms with Gasteiger partial charge in [0.1, 0.15) is 0 Å². The molecule has 0 bridgehead atoms. The molecule has 1 aromatic carbocycles. The Hall–Kier alpha value is -0.975. The van der Waals surface area contributed by atoms with Crippen LogP contribution in [0.4, 0.5) is 0 Å². The first-order valence-corrected chi connectivity index (χ1v) is 5.83. The molecule has 1 heteroatoms. The SMILES string of the molecule is Cc1ccc([B][C@@H]2CC=CCC2)cc1C. The monoisotopic (exact) mass is 197 g/mol. The zero-order valence-electron chi connectivity index (χ0n) is 9.66. The van der Waals surface area contributed by atoms with Crippen molar-refractivity contribution in [1.82, 2.24) is 0 Å². The molecule has 0 saturated heterocycles. The van der Waals surface area contributed by atoms with Crippen LogP contribution in [0.5, 0.6) is 0 Å². The van der Waals surface area contributed by atoms with E-state index in [1.165, 1.54) is 35.9 Å². The highest BCUT2D eigenvalue weighted by molar-refractivity contribution is 6.55. The van der Waals surface area contributed by atoms with Crippen LogP contribution in [0.3, 0.4) is 0 Å². The van der Waals surface area contributed by atoms with E-state index in [0.29, 0.717) is 0 Å². The molecule has 0 saturated carbocycles. The van der Waals surface area contributed by atoms with Gasteiger partial charge in [0.2, 0.25) is 0 Å². The summed E-state index contributed by atoms with van der Waals surface area (Å²) in [6, 6.07) is 6.76. The summed E-state index contributed by atoms with van der Waals surface area (Å²) in [6.07, 6.45) is 8.37. The van der Waals surface area contributed by atoms with Crippen LogP contribution in [0.15, 0.2) is 30.4 Å². The highest BCUT2D eigenvalue weighted by Gasteiger charge is 2.12. The Kier molecular flexibility index (Phi) is 3.30. The molecule has 77 valence electrons. The highest BCUT2D eigenvalue weighted by atomic mass is 14.1. The number of hydrogen-bond acceptors (Lipinski definition) is 0. The van der Waals surface area contributed by atoms with E-state index >= 15 is 0 Å². The molecule has 0 N–H and O–H groups in total. The molecule has 1 aliphatic rings. The fourth-order valence-electron chi connectivity index (χ4n) is 2.11. The molecule has 0 aromatic heterocycles. The van der Waals surface area contributed by atoms with Crippen LogP contribution < -0.4 is 5.46 Å². The Labute approximate surface area is 93.6 Å². The summed E-state index contributed by atoms with van der Waals surface area (Å²) in [5.74, 6) is 0.747. The lowest BCUT2D eigenvalue weighted by Gasteiger charge is -2.17. The van der Waals surface area contributed by atoms with Gasteiger partial charge in [-0.3, -0.25) is 0 Å². The summed E-state index contributed by atoms with van der Waals surface area (Å²) in [4.78, 5) is 0. The van der Waals surface area contributed by atoms with Crippen molar-refractivity contribution < 1.29 is 0 Å². The first kappa shape index (κ1) is 10.5. The molecule has 1 atom stereocenters. The molecule has 15 heavy (non-hydrogen) atoms. The van der Waals surface area contributed by atoms with Crippen molar-refractivity contribution in [1.29, 1.82) is 0 Å². The normalized spacial score (nSPS) is 20.3. The van der Waals surface area contributed by atoms with Gasteiger partial charge >= 0.3 is 0 Å². The van der Waals surface area contributed by atoms with E-state index in [4.69, 9.17) is 0 Å². The summed E-state index contributed by atoms with van der Waals surface area (Å²) in [5.41, 5.74) is 4.17. The molecule has 0 nitrogen and oxygen atoms in total. The lowest BCUT2D eigenvalue weighted by Crippen LogP contribution is -2.20. The van der Waals surface area contributed by atoms with Crippen molar-refractivity contribution in [3.8, 4) is 0 Å². The van der Waals surface area contributed by atoms with Gasteiger partial charge in [0.25, 0.3) is 0 Å². The first-order chi connectivity index (χ1) is 7.25. The molecular formula is C14H18B. The van der Waals surface area contributed by atoms with Crippen LogP contribution in [0.25, 0.3) is 0 Å². The van der Waals surface area contributed by atoms with Crippen molar-refractivity contribution in [2.24, 2.45) is 0 Å². The summed E-state index contributed by atoms with van der Waals surface area (Å²) >= 11 is 0. The quantitative estimate of drug-likeness (QED) is 0.504. The average Bonchev–Trinajstić information content (AvgIpc) is 2.25. The van der Waals surface area contributed by atoms with Crippen LogP contribution in [0.1, 0.15) is 30.4 Å². The average molecular weight is 197 g/mol. The van der Waals surface area contributed by atoms with Crippen LogP contribution >= 0.6 is 0 Å². The van der Waals surface area contributed by atoms with Crippen LogP contribution in [0, 0.1) is 13.8 Å². The van der Waals surface area contributed by atoms with E-state index in [2.05, 4.69) is 51.5 Å². The van der Waals surface area contributed by atoms with E-state index in [1.54, 1.807) is 0 Å². The van der Waals surface area contributed by atoms with Gasteiger partial charge in [-0.25, -0.2) is 0 Å². The topological polar surface area (TPSA) is 0 Å². The third-order valence-corrected chi connectivity index (χ3v) is 3.27. The number of allylic oxidation sites excluding steroid dienone is 2. The molecule has 1 aliphatic carbocycles. The molecule has 0 aliphatic heterocycles. The minimum atomic E-state index is 0.747. The standard InChI is InChI=1S/C14H18B/c1-11-8-9-14(10-12(11)2)15-13-6-4-3-5-7-13/h3-4,8-10,13H,5-7H2,1-2H3/t13-/m1/s1. The van der Waals surface area contributed by atoms with Crippen molar-refractivity contribution in [3.05, 3.63) is 41.5 Å². The summed E-state index contributed by atoms with van der Waals surface area (Å²) in [5, 5.41) is 0. The van der Waals surface area contributed by atoms with Crippen molar-refractivity contribution >= 4 is 12.7 Å². The lowest BCUT2D eigenvalue weighted by atomic mass is 9.55. The van der Waals surface area contributed by atoms with Gasteiger partial charge in [-0.05, 0) is 37.8 Å². The minimum absolute atomic E-state index is 0.747. The summed E-state index contributed by atoms with van der Waals surface area (Å²) in [7, 11) is 2.43. The maximum absolute atomic E-state index is 2.43. The van der Waals surface area contributed by atoms with Gasteiger partial charge < -0.3 is 0 Å². The maximum Gasteiger partial charge on any atom is 0.155 e. The zero-order chi connectivity index (χ0) is 10.7. The Balaban J connectivity index is 2.04. The fraction of sp³-hybridized carbons (Fsp3) is 0.429. The maximum atomic E-state index is 2.43. The predicted molar refractivity (Wildman–Crippen MR) is 68.0 cm³/mol. The number of aryl methyl sites for hydroxylation is 2. The Bertz CT molecular complexity index is 366. The van der Waals surface area contributed by atoms with Gasteiger partial charge in [-0.15, -0.1) is 0 Å². The molecule has 2 rings (SSSR count). The van der Waals surface area contributed by atoms with Gasteiger partial charge in [-0.2, -0.15) is 0 Å². The minimum Gasteiger partial charge on any atom is -0.0890 e. The van der Waals surface area contributed by atoms with Crippen LogP contribution in [0.2, 0.25) is 5.82 Å². The smallest absolute Gasteiger partial charge is 0.0890 e. The summed E-state index contributed by atoms with van der Waals surface area (Å²) < 4.78 is 0. The van der Waals surface area contributed by atoms with Crippen LogP contribution in [-0.2, 0) is 0 Å². The molecule has 0 spiro atoms. The van der Waals surface area contributed by atoms with Gasteiger partial charge in [-0.1, -0.05) is 48.1 Å². The molecule has 0 fully saturated rings. The molecule has 0 heterocycles. The number of rotatable bonds is 2. The van der Waals surface area contributed by atoms with Gasteiger partial charge in [0, 0.05) is 0 Å². The van der Waals surface area contributed by atoms with E-state index in [0.717, 1.165) is 5.82 Å². The van der Waals surface area contributed by atoms with E-state index in [-0.39, 0.29) is 0 Å². The van der Waals surface area contributed by atoms with E-state index in [1.807, 2.05) is 0 Å². The van der Waals surface area contributed by atoms with Gasteiger partial charge in [0.05, 0.1) is 0 Å². The summed E-state index contributed by atoms with van der Waals surface area (Å²) in [6.45, 7) is 4.36. The second kappa shape index (κ2) is 4.70. The number of benzene rings is 1. The Morgan fingerprint density at radius 1 is 1.13 bits per heavy atom. The van der Waals surface area contributed by atoms with Crippen molar-refractivity contribution in [2.45, 2.75) is 38.9 Å². The molecule has 0 unspecified atom stereocenters. The van der Waals surface area contributed by atoms with Gasteiger partial charge in [0.15, 0.2) is 7.28 Å². The van der Waals surface area contributed by atoms with E-state index in [9.17, 15) is 0 Å². The molecule has 0 amide bonds. The van der Waals surface area contributed by atoms with E-state index < -0.39 is 0 Å². The lowest BCUT2D eigenvalue weighted by molar-refractivity contribution is 0.723. The van der Waals surface area contributed by atoms with Crippen LogP contribution in [-0.4, -0.2) is 7.28 Å². The van der Waals surface area contributed by atoms with Crippen molar-refractivity contribution in [3.63, 3.8) is 0 Å². The second-order valence-electron chi connectivity index (χ2n) is 4.55. The third-order valence-electron chi connectivity index (χ3n) is 3.27. The number of hydrogen-bond donors (Lipinski definition) is 0. The fourth-order valence-corrected chi connectivity index (χ4v) is 2.11. The zero-order valence-corrected chi connectivity index (χ0v) is 9.66. The molecular weight excluding hydrogens is 179 g/mol.